The fourth-order valence-electron chi connectivity index (χ4n) is 0.232. The number of hydrogen-bond donors (Lipinski definition) is 0. The molecule has 0 radical (unpaired) electrons. The molecule has 0 saturated carbocycles. The van der Waals surface area contributed by atoms with Crippen LogP contribution in [0.5, 0.6) is 0 Å². The number of esters is 1. The molecular weight excluding hydrogens is 132 g/mol. The lowest BCUT2D eigenvalue weighted by Gasteiger charge is -2.03. The van der Waals surface area contributed by atoms with Gasteiger partial charge in [-0.3, -0.25) is 0 Å². The van der Waals surface area contributed by atoms with Gasteiger partial charge in [0.25, 0.3) is 5.95 Å². The molecule has 0 aromatic rings. The molecule has 3 heteroatoms. The quantitative estimate of drug-likeness (QED) is 0.337. The summed E-state index contributed by atoms with van der Waals surface area (Å²) in [5, 5.41) is 0. The van der Waals surface area contributed by atoms with E-state index in [2.05, 4.69) is 22.6 Å². The highest BCUT2D eigenvalue weighted by Gasteiger charge is 2.04. The van der Waals surface area contributed by atoms with Crippen LogP contribution in [-0.2, 0) is 14.3 Å². The standard InChI is InChI=1S/C7H10O3/c1-5(2)7(8)10-6(3)9-4/h1,3H2,2,4H3. The third-order valence-electron chi connectivity index (χ3n) is 0.783. The Labute approximate surface area is 59.9 Å². The first-order chi connectivity index (χ1) is 4.57. The van der Waals surface area contributed by atoms with Crippen molar-refractivity contribution in [3.8, 4) is 0 Å². The van der Waals surface area contributed by atoms with Crippen LogP contribution >= 0.6 is 0 Å². The number of rotatable bonds is 3. The van der Waals surface area contributed by atoms with E-state index in [-0.39, 0.29) is 5.95 Å². The summed E-state index contributed by atoms with van der Waals surface area (Å²) in [6, 6.07) is 0. The average molecular weight is 142 g/mol. The molecule has 0 aromatic heterocycles. The van der Waals surface area contributed by atoms with Crippen LogP contribution in [0.4, 0.5) is 0 Å². The summed E-state index contributed by atoms with van der Waals surface area (Å²) >= 11 is 0. The van der Waals surface area contributed by atoms with Crippen molar-refractivity contribution in [3.63, 3.8) is 0 Å². The van der Waals surface area contributed by atoms with Gasteiger partial charge in [-0.05, 0) is 13.5 Å². The first kappa shape index (κ1) is 8.75. The smallest absolute Gasteiger partial charge is 0.340 e. The third-order valence-corrected chi connectivity index (χ3v) is 0.783. The maximum absolute atomic E-state index is 10.6. The molecule has 3 nitrogen and oxygen atoms in total. The molecule has 0 heterocycles. The van der Waals surface area contributed by atoms with E-state index in [9.17, 15) is 4.79 Å². The molecule has 0 aromatic carbocycles. The van der Waals surface area contributed by atoms with E-state index in [1.807, 2.05) is 0 Å². The van der Waals surface area contributed by atoms with Crippen LogP contribution in [0.25, 0.3) is 0 Å². The summed E-state index contributed by atoms with van der Waals surface area (Å²) in [4.78, 5) is 10.6. The summed E-state index contributed by atoms with van der Waals surface area (Å²) in [5.74, 6) is -0.542. The van der Waals surface area contributed by atoms with E-state index in [0.717, 1.165) is 0 Å². The van der Waals surface area contributed by atoms with Crippen molar-refractivity contribution >= 4 is 5.97 Å². The van der Waals surface area contributed by atoms with Crippen molar-refractivity contribution in [2.75, 3.05) is 7.11 Å². The molecule has 0 aliphatic rings. The highest BCUT2D eigenvalue weighted by Crippen LogP contribution is 1.99. The van der Waals surface area contributed by atoms with Gasteiger partial charge in [-0.1, -0.05) is 6.58 Å². The highest BCUT2D eigenvalue weighted by atomic mass is 16.7. The predicted molar refractivity (Wildman–Crippen MR) is 37.1 cm³/mol. The Hall–Kier alpha value is -1.25. The minimum atomic E-state index is -0.521. The van der Waals surface area contributed by atoms with Crippen LogP contribution in [0.2, 0.25) is 0 Å². The van der Waals surface area contributed by atoms with Crippen molar-refractivity contribution in [1.82, 2.24) is 0 Å². The molecule has 10 heavy (non-hydrogen) atoms. The molecular formula is C7H10O3. The molecule has 0 fully saturated rings. The summed E-state index contributed by atoms with van der Waals surface area (Å²) in [5.41, 5.74) is 0.318. The first-order valence-corrected chi connectivity index (χ1v) is 2.68. The summed E-state index contributed by atoms with van der Waals surface area (Å²) in [6.07, 6.45) is 0. The zero-order valence-corrected chi connectivity index (χ0v) is 6.14. The van der Waals surface area contributed by atoms with Gasteiger partial charge in [-0.25, -0.2) is 4.79 Å². The van der Waals surface area contributed by atoms with E-state index < -0.39 is 5.97 Å². The Morgan fingerprint density at radius 2 is 1.90 bits per heavy atom. The summed E-state index contributed by atoms with van der Waals surface area (Å²) in [6.45, 7) is 8.21. The van der Waals surface area contributed by atoms with Gasteiger partial charge in [0.2, 0.25) is 0 Å². The minimum absolute atomic E-state index is 0.0204. The van der Waals surface area contributed by atoms with E-state index in [1.54, 1.807) is 6.92 Å². The third kappa shape index (κ3) is 2.91. The largest absolute Gasteiger partial charge is 0.469 e. The van der Waals surface area contributed by atoms with E-state index in [1.165, 1.54) is 7.11 Å². The van der Waals surface area contributed by atoms with Gasteiger partial charge < -0.3 is 9.47 Å². The highest BCUT2D eigenvalue weighted by molar-refractivity contribution is 5.87. The lowest BCUT2D eigenvalue weighted by Crippen LogP contribution is -2.04. The van der Waals surface area contributed by atoms with Crippen LogP contribution in [0.15, 0.2) is 24.7 Å². The van der Waals surface area contributed by atoms with Crippen molar-refractivity contribution < 1.29 is 14.3 Å². The van der Waals surface area contributed by atoms with E-state index in [4.69, 9.17) is 0 Å². The molecule has 56 valence electrons. The molecule has 0 atom stereocenters. The average Bonchev–Trinajstić information content (AvgIpc) is 1.87. The first-order valence-electron chi connectivity index (χ1n) is 2.68. The second-order valence-corrected chi connectivity index (χ2v) is 1.75. The van der Waals surface area contributed by atoms with Crippen LogP contribution in [0.1, 0.15) is 6.92 Å². The zero-order chi connectivity index (χ0) is 8.15. The lowest BCUT2D eigenvalue weighted by atomic mass is 10.4. The van der Waals surface area contributed by atoms with Crippen LogP contribution in [0.3, 0.4) is 0 Å². The van der Waals surface area contributed by atoms with Gasteiger partial charge in [-0.2, -0.15) is 0 Å². The topological polar surface area (TPSA) is 35.5 Å². The molecule has 0 rings (SSSR count). The molecule has 0 N–H and O–H groups in total. The van der Waals surface area contributed by atoms with Crippen LogP contribution < -0.4 is 0 Å². The number of methoxy groups -OCH3 is 1. The maximum Gasteiger partial charge on any atom is 0.340 e. The monoisotopic (exact) mass is 142 g/mol. The number of hydrogen-bond acceptors (Lipinski definition) is 3. The van der Waals surface area contributed by atoms with Gasteiger partial charge in [0.05, 0.1) is 7.11 Å². The fraction of sp³-hybridized carbons (Fsp3) is 0.286. The summed E-state index contributed by atoms with van der Waals surface area (Å²) in [7, 11) is 1.37. The van der Waals surface area contributed by atoms with Crippen LogP contribution in [-0.4, -0.2) is 13.1 Å². The number of carbonyl (C=O) groups excluding carboxylic acids is 1. The SMILES string of the molecule is C=C(OC)OC(=O)C(=C)C. The van der Waals surface area contributed by atoms with Gasteiger partial charge in [0, 0.05) is 5.57 Å². The van der Waals surface area contributed by atoms with Gasteiger partial charge >= 0.3 is 5.97 Å². The minimum Gasteiger partial charge on any atom is -0.469 e. The maximum atomic E-state index is 10.6. The van der Waals surface area contributed by atoms with E-state index in [0.29, 0.717) is 5.57 Å². The molecule has 0 unspecified atom stereocenters. The van der Waals surface area contributed by atoms with Crippen molar-refractivity contribution in [1.29, 1.82) is 0 Å². The Bertz CT molecular complexity index is 170. The molecule has 0 aliphatic carbocycles. The Kier molecular flexibility index (Phi) is 3.25. The Morgan fingerprint density at radius 3 is 2.20 bits per heavy atom. The van der Waals surface area contributed by atoms with Crippen molar-refractivity contribution in [2.24, 2.45) is 0 Å². The fourth-order valence-corrected chi connectivity index (χ4v) is 0.232. The molecule has 0 bridgehead atoms. The van der Waals surface area contributed by atoms with Gasteiger partial charge in [0.15, 0.2) is 0 Å². The molecule has 0 spiro atoms. The van der Waals surface area contributed by atoms with Crippen molar-refractivity contribution in [3.05, 3.63) is 24.7 Å². The zero-order valence-electron chi connectivity index (χ0n) is 6.14. The van der Waals surface area contributed by atoms with Crippen molar-refractivity contribution in [2.45, 2.75) is 6.92 Å². The normalized spacial score (nSPS) is 8.20. The van der Waals surface area contributed by atoms with E-state index >= 15 is 0 Å². The number of carbonyl (C=O) groups is 1. The molecule has 0 aliphatic heterocycles. The number of ether oxygens (including phenoxy) is 2. The second-order valence-electron chi connectivity index (χ2n) is 1.75. The Balaban J connectivity index is 3.80. The van der Waals surface area contributed by atoms with Gasteiger partial charge in [0.1, 0.15) is 0 Å². The summed E-state index contributed by atoms with van der Waals surface area (Å²) < 4.78 is 9.00. The predicted octanol–water partition coefficient (Wildman–Crippen LogP) is 1.22. The van der Waals surface area contributed by atoms with Gasteiger partial charge in [-0.15, -0.1) is 0 Å². The Morgan fingerprint density at radius 1 is 1.40 bits per heavy atom. The second kappa shape index (κ2) is 3.71. The lowest BCUT2D eigenvalue weighted by molar-refractivity contribution is -0.139. The van der Waals surface area contributed by atoms with Crippen LogP contribution in [0, 0.1) is 0 Å². The molecule has 0 saturated heterocycles. The molecule has 0 amide bonds.